The predicted octanol–water partition coefficient (Wildman–Crippen LogP) is 0.325. The van der Waals surface area contributed by atoms with E-state index in [0.717, 1.165) is 5.01 Å². The highest BCUT2D eigenvalue weighted by Gasteiger charge is 2.16. The van der Waals surface area contributed by atoms with Crippen LogP contribution in [0.15, 0.2) is 0 Å². The van der Waals surface area contributed by atoms with Crippen molar-refractivity contribution in [2.75, 3.05) is 6.54 Å². The first-order chi connectivity index (χ1) is 7.91. The molecule has 0 saturated carbocycles. The van der Waals surface area contributed by atoms with E-state index in [2.05, 4.69) is 10.3 Å². The van der Waals surface area contributed by atoms with Crippen molar-refractivity contribution in [2.24, 2.45) is 0 Å². The molecule has 1 aromatic rings. The number of hydrogen-bond acceptors (Lipinski definition) is 5. The number of hydrogen-bond donors (Lipinski definition) is 3. The summed E-state index contributed by atoms with van der Waals surface area (Å²) in [6, 6.07) is 0. The van der Waals surface area contributed by atoms with Crippen molar-refractivity contribution in [3.05, 3.63) is 15.6 Å². The van der Waals surface area contributed by atoms with Crippen LogP contribution in [-0.4, -0.2) is 39.7 Å². The average Bonchev–Trinajstić information content (AvgIpc) is 2.57. The van der Waals surface area contributed by atoms with Crippen LogP contribution >= 0.6 is 11.3 Å². The van der Waals surface area contributed by atoms with Gasteiger partial charge in [0.15, 0.2) is 6.10 Å². The molecule has 0 aliphatic rings. The number of carbonyl (C=O) groups excluding carboxylic acids is 1. The van der Waals surface area contributed by atoms with Crippen molar-refractivity contribution in [3.63, 3.8) is 0 Å². The summed E-state index contributed by atoms with van der Waals surface area (Å²) >= 11 is 1.29. The van der Waals surface area contributed by atoms with E-state index in [0.29, 0.717) is 10.6 Å². The standard InChI is InChI=1S/C10H14N2O4S/c1-5-8(17-6(2)12-5)9(14)11-4-3-7(13)10(15)16/h7,13H,3-4H2,1-2H3,(H,11,14)(H,15,16)/t7-/m0/s1. The molecule has 0 aromatic carbocycles. The zero-order chi connectivity index (χ0) is 13.0. The van der Waals surface area contributed by atoms with Crippen LogP contribution in [0.1, 0.15) is 26.8 Å². The summed E-state index contributed by atoms with van der Waals surface area (Å²) in [7, 11) is 0. The van der Waals surface area contributed by atoms with E-state index in [4.69, 9.17) is 10.2 Å². The van der Waals surface area contributed by atoms with Gasteiger partial charge in [0.25, 0.3) is 5.91 Å². The maximum atomic E-state index is 11.7. The fraction of sp³-hybridized carbons (Fsp3) is 0.500. The van der Waals surface area contributed by atoms with Gasteiger partial charge in [0.1, 0.15) is 4.88 Å². The summed E-state index contributed by atoms with van der Waals surface area (Å²) in [6.45, 7) is 3.66. The molecular formula is C10H14N2O4S. The number of aliphatic hydroxyl groups is 1. The van der Waals surface area contributed by atoms with Crippen molar-refractivity contribution in [1.29, 1.82) is 0 Å². The Labute approximate surface area is 102 Å². The first kappa shape index (κ1) is 13.6. The minimum atomic E-state index is -1.44. The summed E-state index contributed by atoms with van der Waals surface area (Å²) in [5.74, 6) is -1.57. The molecule has 94 valence electrons. The summed E-state index contributed by atoms with van der Waals surface area (Å²) in [5.41, 5.74) is 0.656. The lowest BCUT2D eigenvalue weighted by molar-refractivity contribution is -0.146. The molecule has 3 N–H and O–H groups in total. The number of aromatic nitrogens is 1. The molecular weight excluding hydrogens is 244 g/mol. The van der Waals surface area contributed by atoms with E-state index in [-0.39, 0.29) is 18.9 Å². The van der Waals surface area contributed by atoms with Crippen LogP contribution in [-0.2, 0) is 4.79 Å². The van der Waals surface area contributed by atoms with Crippen LogP contribution in [0.3, 0.4) is 0 Å². The number of carbonyl (C=O) groups is 2. The van der Waals surface area contributed by atoms with Crippen LogP contribution in [0.25, 0.3) is 0 Å². The molecule has 0 spiro atoms. The first-order valence-electron chi connectivity index (χ1n) is 5.05. The molecule has 0 bridgehead atoms. The van der Waals surface area contributed by atoms with Gasteiger partial charge in [-0.05, 0) is 13.8 Å². The number of thiazole rings is 1. The number of carboxylic acids is 1. The van der Waals surface area contributed by atoms with Gasteiger partial charge < -0.3 is 15.5 Å². The molecule has 0 unspecified atom stereocenters. The summed E-state index contributed by atoms with van der Waals surface area (Å²) in [5, 5.41) is 20.8. The summed E-state index contributed by atoms with van der Waals surface area (Å²) in [4.78, 5) is 26.6. The molecule has 1 aromatic heterocycles. The topological polar surface area (TPSA) is 99.5 Å². The molecule has 6 nitrogen and oxygen atoms in total. The second-order valence-electron chi connectivity index (χ2n) is 3.55. The highest BCUT2D eigenvalue weighted by atomic mass is 32.1. The number of carboxylic acid groups (broad SMARTS) is 1. The van der Waals surface area contributed by atoms with Gasteiger partial charge in [0, 0.05) is 13.0 Å². The number of aliphatic hydroxyl groups excluding tert-OH is 1. The molecule has 7 heteroatoms. The number of nitrogens with one attached hydrogen (secondary N) is 1. The van der Waals surface area contributed by atoms with Crippen LogP contribution in [0.2, 0.25) is 0 Å². The summed E-state index contributed by atoms with van der Waals surface area (Å²) < 4.78 is 0. The molecule has 1 rings (SSSR count). The smallest absolute Gasteiger partial charge is 0.332 e. The Morgan fingerprint density at radius 3 is 2.59 bits per heavy atom. The summed E-state index contributed by atoms with van der Waals surface area (Å²) in [6.07, 6.45) is -1.46. The number of aliphatic carboxylic acids is 1. The Hall–Kier alpha value is -1.47. The molecule has 0 saturated heterocycles. The minimum Gasteiger partial charge on any atom is -0.479 e. The van der Waals surface area contributed by atoms with E-state index >= 15 is 0 Å². The quantitative estimate of drug-likeness (QED) is 0.706. The Morgan fingerprint density at radius 1 is 1.47 bits per heavy atom. The third-order valence-corrected chi connectivity index (χ3v) is 3.17. The van der Waals surface area contributed by atoms with Gasteiger partial charge in [-0.25, -0.2) is 9.78 Å². The Balaban J connectivity index is 2.45. The maximum Gasteiger partial charge on any atom is 0.332 e. The van der Waals surface area contributed by atoms with Gasteiger partial charge in [-0.15, -0.1) is 11.3 Å². The number of aryl methyl sites for hydroxylation is 2. The SMILES string of the molecule is Cc1nc(C)c(C(=O)NCC[C@H](O)C(=O)O)s1. The lowest BCUT2D eigenvalue weighted by Crippen LogP contribution is -2.29. The van der Waals surface area contributed by atoms with Crippen LogP contribution in [0, 0.1) is 13.8 Å². The monoisotopic (exact) mass is 258 g/mol. The second kappa shape index (κ2) is 5.74. The predicted molar refractivity (Wildman–Crippen MR) is 62.2 cm³/mol. The third kappa shape index (κ3) is 3.79. The molecule has 17 heavy (non-hydrogen) atoms. The van der Waals surface area contributed by atoms with Crippen molar-refractivity contribution >= 4 is 23.2 Å². The van der Waals surface area contributed by atoms with E-state index < -0.39 is 12.1 Å². The Kier molecular flexibility index (Phi) is 4.59. The van der Waals surface area contributed by atoms with Crippen LogP contribution in [0.5, 0.6) is 0 Å². The average molecular weight is 258 g/mol. The van der Waals surface area contributed by atoms with Gasteiger partial charge in [0.2, 0.25) is 0 Å². The molecule has 1 atom stereocenters. The fourth-order valence-electron chi connectivity index (χ4n) is 1.27. The lowest BCUT2D eigenvalue weighted by Gasteiger charge is -2.06. The molecule has 1 amide bonds. The maximum absolute atomic E-state index is 11.7. The van der Waals surface area contributed by atoms with Gasteiger partial charge >= 0.3 is 5.97 Å². The molecule has 0 aliphatic carbocycles. The van der Waals surface area contributed by atoms with Gasteiger partial charge in [-0.1, -0.05) is 0 Å². The fourth-order valence-corrected chi connectivity index (χ4v) is 2.10. The normalized spacial score (nSPS) is 12.2. The van der Waals surface area contributed by atoms with Gasteiger partial charge in [-0.2, -0.15) is 0 Å². The molecule has 0 radical (unpaired) electrons. The van der Waals surface area contributed by atoms with Crippen LogP contribution in [0.4, 0.5) is 0 Å². The van der Waals surface area contributed by atoms with Crippen molar-refractivity contribution < 1.29 is 19.8 Å². The van der Waals surface area contributed by atoms with Crippen molar-refractivity contribution in [3.8, 4) is 0 Å². The van der Waals surface area contributed by atoms with E-state index in [1.54, 1.807) is 6.92 Å². The highest BCUT2D eigenvalue weighted by molar-refractivity contribution is 7.13. The molecule has 0 aliphatic heterocycles. The Morgan fingerprint density at radius 2 is 2.12 bits per heavy atom. The zero-order valence-electron chi connectivity index (χ0n) is 9.56. The Bertz CT molecular complexity index is 430. The van der Waals surface area contributed by atoms with Crippen molar-refractivity contribution in [2.45, 2.75) is 26.4 Å². The van der Waals surface area contributed by atoms with Gasteiger partial charge in [-0.3, -0.25) is 4.79 Å². The largest absolute Gasteiger partial charge is 0.479 e. The zero-order valence-corrected chi connectivity index (χ0v) is 10.4. The van der Waals surface area contributed by atoms with E-state index in [1.165, 1.54) is 11.3 Å². The highest BCUT2D eigenvalue weighted by Crippen LogP contribution is 2.16. The molecule has 1 heterocycles. The lowest BCUT2D eigenvalue weighted by atomic mass is 10.2. The van der Waals surface area contributed by atoms with Gasteiger partial charge in [0.05, 0.1) is 10.7 Å². The second-order valence-corrected chi connectivity index (χ2v) is 4.75. The third-order valence-electron chi connectivity index (χ3n) is 2.10. The van der Waals surface area contributed by atoms with E-state index in [9.17, 15) is 9.59 Å². The number of amides is 1. The number of rotatable bonds is 5. The minimum absolute atomic E-state index is 0.0160. The van der Waals surface area contributed by atoms with E-state index in [1.807, 2.05) is 6.92 Å². The molecule has 0 fully saturated rings. The van der Waals surface area contributed by atoms with Crippen LogP contribution < -0.4 is 5.32 Å². The first-order valence-corrected chi connectivity index (χ1v) is 5.86. The number of nitrogens with zero attached hydrogens (tertiary/aromatic N) is 1. The van der Waals surface area contributed by atoms with Crippen molar-refractivity contribution in [1.82, 2.24) is 10.3 Å².